The first-order valence-electron chi connectivity index (χ1n) is 9.77. The molecule has 0 aliphatic rings. The SMILES string of the molecule is Cc1ccc(/C=C(/CCCOc2ccc(C=O)cc2)c2cccc(Cl)c2)cc1C. The molecule has 0 heterocycles. The molecule has 0 aromatic heterocycles. The first-order chi connectivity index (χ1) is 14.0. The molecule has 148 valence electrons. The van der Waals surface area contributed by atoms with Crippen LogP contribution in [-0.4, -0.2) is 12.9 Å². The molecule has 0 amide bonds. The molecule has 0 radical (unpaired) electrons. The van der Waals surface area contributed by atoms with Gasteiger partial charge in [0, 0.05) is 10.6 Å². The summed E-state index contributed by atoms with van der Waals surface area (Å²) in [6, 6.07) is 21.7. The molecule has 3 rings (SSSR count). The molecule has 0 saturated carbocycles. The average Bonchev–Trinajstić information content (AvgIpc) is 2.73. The van der Waals surface area contributed by atoms with Crippen molar-refractivity contribution in [2.24, 2.45) is 0 Å². The van der Waals surface area contributed by atoms with Crippen LogP contribution in [-0.2, 0) is 0 Å². The fraction of sp³-hybridized carbons (Fsp3) is 0.192. The summed E-state index contributed by atoms with van der Waals surface area (Å²) in [5, 5.41) is 0.736. The number of allylic oxidation sites excluding steroid dienone is 1. The average molecular weight is 405 g/mol. The van der Waals surface area contributed by atoms with E-state index in [1.54, 1.807) is 12.1 Å². The van der Waals surface area contributed by atoms with Crippen LogP contribution >= 0.6 is 11.6 Å². The van der Waals surface area contributed by atoms with Gasteiger partial charge in [0.25, 0.3) is 0 Å². The van der Waals surface area contributed by atoms with E-state index in [1.165, 1.54) is 22.3 Å². The first kappa shape index (κ1) is 20.9. The molecule has 0 spiro atoms. The van der Waals surface area contributed by atoms with Gasteiger partial charge in [-0.05, 0) is 90.9 Å². The predicted molar refractivity (Wildman–Crippen MR) is 122 cm³/mol. The molecule has 0 aliphatic carbocycles. The Bertz CT molecular complexity index is 1000. The molecule has 2 nitrogen and oxygen atoms in total. The predicted octanol–water partition coefficient (Wildman–Crippen LogP) is 7.17. The van der Waals surface area contributed by atoms with Crippen LogP contribution in [0.25, 0.3) is 11.6 Å². The highest BCUT2D eigenvalue weighted by Gasteiger charge is 2.05. The summed E-state index contributed by atoms with van der Waals surface area (Å²) in [6.07, 6.45) is 4.81. The van der Waals surface area contributed by atoms with Crippen molar-refractivity contribution >= 4 is 29.5 Å². The minimum absolute atomic E-state index is 0.602. The van der Waals surface area contributed by atoms with Gasteiger partial charge in [-0.3, -0.25) is 4.79 Å². The van der Waals surface area contributed by atoms with E-state index < -0.39 is 0 Å². The van der Waals surface area contributed by atoms with Gasteiger partial charge in [-0.25, -0.2) is 0 Å². The third-order valence-electron chi connectivity index (χ3n) is 4.94. The highest BCUT2D eigenvalue weighted by atomic mass is 35.5. The number of hydrogen-bond acceptors (Lipinski definition) is 2. The van der Waals surface area contributed by atoms with Crippen molar-refractivity contribution in [1.82, 2.24) is 0 Å². The Morgan fingerprint density at radius 2 is 1.69 bits per heavy atom. The van der Waals surface area contributed by atoms with Crippen molar-refractivity contribution < 1.29 is 9.53 Å². The standard InChI is InChI=1S/C26H25ClO2/c1-19-8-9-22(15-20(19)2)16-23(24-5-3-7-25(27)17-24)6-4-14-29-26-12-10-21(18-28)11-13-26/h3,5,7-13,15-18H,4,6,14H2,1-2H3/b23-16-. The summed E-state index contributed by atoms with van der Waals surface area (Å²) in [7, 11) is 0. The summed E-state index contributed by atoms with van der Waals surface area (Å²) < 4.78 is 5.83. The Morgan fingerprint density at radius 3 is 2.38 bits per heavy atom. The monoisotopic (exact) mass is 404 g/mol. The molecular formula is C26H25ClO2. The van der Waals surface area contributed by atoms with Gasteiger partial charge >= 0.3 is 0 Å². The molecule has 29 heavy (non-hydrogen) atoms. The number of ether oxygens (including phenoxy) is 1. The van der Waals surface area contributed by atoms with Crippen LogP contribution < -0.4 is 4.74 Å². The van der Waals surface area contributed by atoms with E-state index in [2.05, 4.69) is 44.2 Å². The zero-order valence-corrected chi connectivity index (χ0v) is 17.6. The lowest BCUT2D eigenvalue weighted by molar-refractivity contribution is 0.112. The van der Waals surface area contributed by atoms with Gasteiger partial charge in [0.05, 0.1) is 6.61 Å². The summed E-state index contributed by atoms with van der Waals surface area (Å²) in [4.78, 5) is 10.7. The van der Waals surface area contributed by atoms with Crippen molar-refractivity contribution in [1.29, 1.82) is 0 Å². The zero-order valence-electron chi connectivity index (χ0n) is 16.8. The molecule has 0 atom stereocenters. The first-order valence-corrected chi connectivity index (χ1v) is 10.1. The summed E-state index contributed by atoms with van der Waals surface area (Å²) in [5.74, 6) is 0.776. The largest absolute Gasteiger partial charge is 0.494 e. The lowest BCUT2D eigenvalue weighted by atomic mass is 9.97. The number of halogens is 1. The minimum Gasteiger partial charge on any atom is -0.494 e. The van der Waals surface area contributed by atoms with E-state index in [0.717, 1.165) is 35.5 Å². The molecule has 3 aromatic carbocycles. The number of benzene rings is 3. The Hall–Kier alpha value is -2.84. The van der Waals surface area contributed by atoms with E-state index in [-0.39, 0.29) is 0 Å². The number of carbonyl (C=O) groups is 1. The molecule has 3 heteroatoms. The minimum atomic E-state index is 0.602. The molecule has 0 aliphatic heterocycles. The maximum atomic E-state index is 10.7. The number of aldehydes is 1. The molecular weight excluding hydrogens is 380 g/mol. The quantitative estimate of drug-likeness (QED) is 0.226. The van der Waals surface area contributed by atoms with Gasteiger partial charge in [0.15, 0.2) is 0 Å². The van der Waals surface area contributed by atoms with Gasteiger partial charge in [-0.2, -0.15) is 0 Å². The van der Waals surface area contributed by atoms with Crippen LogP contribution in [0.3, 0.4) is 0 Å². The molecule has 0 fully saturated rings. The summed E-state index contributed by atoms with van der Waals surface area (Å²) in [6.45, 7) is 4.86. The van der Waals surface area contributed by atoms with E-state index in [0.29, 0.717) is 12.2 Å². The molecule has 0 N–H and O–H groups in total. The maximum absolute atomic E-state index is 10.7. The number of aryl methyl sites for hydroxylation is 2. The third-order valence-corrected chi connectivity index (χ3v) is 5.18. The normalized spacial score (nSPS) is 11.3. The topological polar surface area (TPSA) is 26.3 Å². The highest BCUT2D eigenvalue weighted by molar-refractivity contribution is 6.30. The lowest BCUT2D eigenvalue weighted by Gasteiger charge is -2.11. The smallest absolute Gasteiger partial charge is 0.150 e. The highest BCUT2D eigenvalue weighted by Crippen LogP contribution is 2.26. The van der Waals surface area contributed by atoms with Gasteiger partial charge < -0.3 is 4.74 Å². The zero-order chi connectivity index (χ0) is 20.6. The Kier molecular flexibility index (Phi) is 7.26. The second-order valence-electron chi connectivity index (χ2n) is 7.16. The second kappa shape index (κ2) is 10.1. The number of carbonyl (C=O) groups excluding carboxylic acids is 1. The number of hydrogen-bond donors (Lipinski definition) is 0. The van der Waals surface area contributed by atoms with Crippen molar-refractivity contribution in [3.05, 3.63) is 99.6 Å². The summed E-state index contributed by atoms with van der Waals surface area (Å²) >= 11 is 6.23. The molecule has 0 saturated heterocycles. The van der Waals surface area contributed by atoms with Crippen molar-refractivity contribution in [2.45, 2.75) is 26.7 Å². The fourth-order valence-electron chi connectivity index (χ4n) is 3.14. The van der Waals surface area contributed by atoms with Gasteiger partial charge in [0.1, 0.15) is 12.0 Å². The van der Waals surface area contributed by atoms with E-state index >= 15 is 0 Å². The van der Waals surface area contributed by atoms with Crippen LogP contribution in [0.2, 0.25) is 5.02 Å². The van der Waals surface area contributed by atoms with E-state index in [4.69, 9.17) is 16.3 Å². The van der Waals surface area contributed by atoms with Crippen LogP contribution in [0.5, 0.6) is 5.75 Å². The molecule has 3 aromatic rings. The fourth-order valence-corrected chi connectivity index (χ4v) is 3.33. The van der Waals surface area contributed by atoms with E-state index in [1.807, 2.05) is 30.3 Å². The van der Waals surface area contributed by atoms with Crippen LogP contribution in [0, 0.1) is 13.8 Å². The van der Waals surface area contributed by atoms with Crippen LogP contribution in [0.1, 0.15) is 45.5 Å². The van der Waals surface area contributed by atoms with E-state index in [9.17, 15) is 4.79 Å². The summed E-state index contributed by atoms with van der Waals surface area (Å²) in [5.41, 5.74) is 6.78. The Morgan fingerprint density at radius 1 is 0.931 bits per heavy atom. The van der Waals surface area contributed by atoms with Crippen molar-refractivity contribution in [2.75, 3.05) is 6.61 Å². The van der Waals surface area contributed by atoms with Crippen LogP contribution in [0.4, 0.5) is 0 Å². The molecule has 0 unspecified atom stereocenters. The lowest BCUT2D eigenvalue weighted by Crippen LogP contribution is -1.98. The Balaban J connectivity index is 1.71. The van der Waals surface area contributed by atoms with Crippen molar-refractivity contribution in [3.63, 3.8) is 0 Å². The second-order valence-corrected chi connectivity index (χ2v) is 7.60. The maximum Gasteiger partial charge on any atom is 0.150 e. The van der Waals surface area contributed by atoms with Crippen LogP contribution in [0.15, 0.2) is 66.7 Å². The third kappa shape index (κ3) is 6.07. The van der Waals surface area contributed by atoms with Gasteiger partial charge in [-0.15, -0.1) is 0 Å². The Labute approximate surface area is 177 Å². The number of rotatable bonds is 8. The van der Waals surface area contributed by atoms with Crippen molar-refractivity contribution in [3.8, 4) is 5.75 Å². The van der Waals surface area contributed by atoms with Gasteiger partial charge in [0.2, 0.25) is 0 Å². The van der Waals surface area contributed by atoms with Gasteiger partial charge in [-0.1, -0.05) is 48.0 Å². The molecule has 0 bridgehead atoms.